The minimum absolute atomic E-state index is 0. The molecular formula is C31H30Cl2N6Na2O9S2. The van der Waals surface area contributed by atoms with Gasteiger partial charge in [0.05, 0.1) is 57.4 Å². The number of hydrogen-bond acceptors (Lipinski definition) is 11. The predicted octanol–water partition coefficient (Wildman–Crippen LogP) is 8.61. The number of hydrogen-bond donors (Lipinski definition) is 4. The molecule has 0 unspecified atom stereocenters. The van der Waals surface area contributed by atoms with E-state index in [-0.39, 0.29) is 105 Å². The number of carbonyl (C=O) groups excluding carboxylic acids is 1. The Kier molecular flexibility index (Phi) is 17.2. The summed E-state index contributed by atoms with van der Waals surface area (Å²) in [5, 5.41) is 21.6. The van der Waals surface area contributed by atoms with Crippen LogP contribution >= 0.6 is 23.2 Å². The molecule has 0 saturated heterocycles. The molecule has 4 aromatic carbocycles. The van der Waals surface area contributed by atoms with Crippen LogP contribution in [0.4, 0.5) is 38.9 Å². The molecule has 0 aliphatic heterocycles. The fourth-order valence-electron chi connectivity index (χ4n) is 4.32. The topological polar surface area (TPSA) is 218 Å². The molecule has 2 radical (unpaired) electrons. The van der Waals surface area contributed by atoms with Gasteiger partial charge in [-0.1, -0.05) is 23.2 Å². The summed E-state index contributed by atoms with van der Waals surface area (Å²) in [5.74, 6) is 0.543. The smallest absolute Gasteiger partial charge is 0.323 e. The van der Waals surface area contributed by atoms with Gasteiger partial charge in [-0.15, -0.1) is 0 Å². The first-order valence-corrected chi connectivity index (χ1v) is 18.1. The van der Waals surface area contributed by atoms with Crippen molar-refractivity contribution in [3.05, 3.63) is 81.8 Å². The summed E-state index contributed by atoms with van der Waals surface area (Å²) in [6.07, 6.45) is 0. The van der Waals surface area contributed by atoms with E-state index < -0.39 is 36.1 Å². The second-order valence-electron chi connectivity index (χ2n) is 10.3. The maximum Gasteiger partial charge on any atom is 0.323 e. The van der Waals surface area contributed by atoms with Crippen LogP contribution in [-0.2, 0) is 20.2 Å². The van der Waals surface area contributed by atoms with Gasteiger partial charge in [0.1, 0.15) is 21.3 Å². The molecule has 4 aromatic rings. The minimum atomic E-state index is -4.58. The quantitative estimate of drug-likeness (QED) is 0.0611. The molecule has 21 heteroatoms. The average molecular weight is 812 g/mol. The summed E-state index contributed by atoms with van der Waals surface area (Å²) in [5.41, 5.74) is 2.74. The van der Waals surface area contributed by atoms with Crippen molar-refractivity contribution < 1.29 is 40.2 Å². The van der Waals surface area contributed by atoms with Gasteiger partial charge in [-0.2, -0.15) is 37.3 Å². The molecular weight excluding hydrogens is 781 g/mol. The zero-order valence-electron chi connectivity index (χ0n) is 28.8. The number of rotatable bonds is 12. The zero-order chi connectivity index (χ0) is 36.8. The van der Waals surface area contributed by atoms with Crippen molar-refractivity contribution >= 4 is 143 Å². The third kappa shape index (κ3) is 12.2. The minimum Gasteiger partial charge on any atom is -0.492 e. The van der Waals surface area contributed by atoms with E-state index in [0.717, 1.165) is 12.1 Å². The largest absolute Gasteiger partial charge is 0.492 e. The van der Waals surface area contributed by atoms with E-state index in [2.05, 4.69) is 31.1 Å². The maximum absolute atomic E-state index is 13.2. The number of carbonyl (C=O) groups is 1. The average Bonchev–Trinajstić information content (AvgIpc) is 3.02. The fourth-order valence-corrected chi connectivity index (χ4v) is 6.31. The van der Waals surface area contributed by atoms with E-state index in [4.69, 9.17) is 32.7 Å². The Labute approximate surface area is 354 Å². The van der Waals surface area contributed by atoms with Crippen LogP contribution in [0, 0.1) is 13.8 Å². The molecule has 0 fully saturated rings. The molecule has 0 spiro atoms. The van der Waals surface area contributed by atoms with Crippen LogP contribution < -0.4 is 20.1 Å². The van der Waals surface area contributed by atoms with Gasteiger partial charge in [0, 0.05) is 71.2 Å². The van der Waals surface area contributed by atoms with Crippen molar-refractivity contribution in [2.45, 2.75) is 37.5 Å². The number of amides is 2. The Morgan fingerprint density at radius 3 is 1.35 bits per heavy atom. The Bertz CT molecular complexity index is 2090. The molecule has 0 heterocycles. The molecule has 0 bridgehead atoms. The SMILES string of the molecule is CCOc1cc(N=Nc2ccc(Cl)c(S(=O)(=O)O)c2)c(C)cc1NC(=O)Nc1cc(C)c(N=Nc2ccc(Cl)c(S(=O)(=O)O)c2)cc1OCC.[Na].[Na]. The summed E-state index contributed by atoms with van der Waals surface area (Å²) < 4.78 is 76.6. The first-order chi connectivity index (χ1) is 23.5. The molecule has 2 amide bonds. The molecule has 0 atom stereocenters. The third-order valence-corrected chi connectivity index (χ3v) is 9.29. The van der Waals surface area contributed by atoms with Crippen molar-refractivity contribution in [1.29, 1.82) is 0 Å². The Hall–Kier alpha value is -2.65. The summed E-state index contributed by atoms with van der Waals surface area (Å²) in [4.78, 5) is 12.2. The van der Waals surface area contributed by atoms with Gasteiger partial charge in [-0.05, 0) is 87.4 Å². The van der Waals surface area contributed by atoms with Crippen molar-refractivity contribution in [1.82, 2.24) is 0 Å². The van der Waals surface area contributed by atoms with Gasteiger partial charge in [0.25, 0.3) is 20.2 Å². The van der Waals surface area contributed by atoms with Gasteiger partial charge < -0.3 is 20.1 Å². The molecule has 15 nitrogen and oxygen atoms in total. The normalized spacial score (nSPS) is 11.5. The zero-order valence-corrected chi connectivity index (χ0v) is 35.9. The Morgan fingerprint density at radius 2 is 1.02 bits per heavy atom. The van der Waals surface area contributed by atoms with Crippen LogP contribution in [0.1, 0.15) is 25.0 Å². The van der Waals surface area contributed by atoms with Crippen LogP contribution in [-0.4, -0.2) is 104 Å². The number of benzene rings is 4. The second-order valence-corrected chi connectivity index (χ2v) is 13.9. The molecule has 4 rings (SSSR count). The summed E-state index contributed by atoms with van der Waals surface area (Å²) in [7, 11) is -9.15. The van der Waals surface area contributed by atoms with Crippen LogP contribution in [0.25, 0.3) is 0 Å². The number of azo groups is 2. The van der Waals surface area contributed by atoms with Gasteiger partial charge >= 0.3 is 6.03 Å². The van der Waals surface area contributed by atoms with Gasteiger partial charge in [0.2, 0.25) is 0 Å². The molecule has 4 N–H and O–H groups in total. The number of nitrogens with zero attached hydrogens (tertiary/aromatic N) is 4. The first kappa shape index (κ1) is 45.5. The van der Waals surface area contributed by atoms with E-state index >= 15 is 0 Å². The number of urea groups is 1. The standard InChI is InChI=1S/C31H30Cl2N6O9S2.2Na/c1-5-47-27-15-23(38-36-19-7-9-21(32)29(13-19)49(41,42)43)17(3)11-25(27)34-31(40)35-26-12-18(4)24(16-28(26)48-6-2)39-37-20-8-10-22(33)30(14-20)50(44,45)46;;/h7-16H,5-6H2,1-4H3,(H2,34,35,40)(H,41,42,43)(H,44,45,46);;. The van der Waals surface area contributed by atoms with E-state index in [1.165, 1.54) is 24.3 Å². The molecule has 266 valence electrons. The number of halogens is 2. The maximum atomic E-state index is 13.2. The van der Waals surface area contributed by atoms with Crippen molar-refractivity contribution in [3.8, 4) is 11.5 Å². The second kappa shape index (κ2) is 19.6. The van der Waals surface area contributed by atoms with Gasteiger partial charge in [0.15, 0.2) is 0 Å². The van der Waals surface area contributed by atoms with Gasteiger partial charge in [-0.3, -0.25) is 9.11 Å². The Balaban J connectivity index is 0.00000468. The number of nitrogens with one attached hydrogen (secondary N) is 2. The van der Waals surface area contributed by atoms with E-state index in [9.17, 15) is 30.7 Å². The summed E-state index contributed by atoms with van der Waals surface area (Å²) in [6, 6.07) is 13.2. The van der Waals surface area contributed by atoms with Crippen molar-refractivity contribution in [2.75, 3.05) is 23.8 Å². The van der Waals surface area contributed by atoms with Gasteiger partial charge in [-0.25, -0.2) is 4.79 Å². The Morgan fingerprint density at radius 1 is 0.654 bits per heavy atom. The number of aryl methyl sites for hydroxylation is 2. The molecule has 0 aliphatic carbocycles. The van der Waals surface area contributed by atoms with Crippen molar-refractivity contribution in [3.63, 3.8) is 0 Å². The first-order valence-electron chi connectivity index (χ1n) is 14.5. The number of ether oxygens (including phenoxy) is 2. The summed E-state index contributed by atoms with van der Waals surface area (Å²) >= 11 is 11.7. The van der Waals surface area contributed by atoms with E-state index in [1.807, 2.05) is 0 Å². The monoisotopic (exact) mass is 810 g/mol. The van der Waals surface area contributed by atoms with Crippen LogP contribution in [0.5, 0.6) is 11.5 Å². The fraction of sp³-hybridized carbons (Fsp3) is 0.194. The molecule has 0 saturated carbocycles. The summed E-state index contributed by atoms with van der Waals surface area (Å²) in [6.45, 7) is 7.45. The number of anilines is 2. The molecule has 0 aromatic heterocycles. The predicted molar refractivity (Wildman–Crippen MR) is 200 cm³/mol. The van der Waals surface area contributed by atoms with E-state index in [0.29, 0.717) is 33.9 Å². The van der Waals surface area contributed by atoms with Crippen LogP contribution in [0.3, 0.4) is 0 Å². The molecule has 0 aliphatic rings. The van der Waals surface area contributed by atoms with Crippen LogP contribution in [0.15, 0.2) is 90.9 Å². The van der Waals surface area contributed by atoms with Crippen molar-refractivity contribution in [2.24, 2.45) is 20.5 Å². The van der Waals surface area contributed by atoms with E-state index in [1.54, 1.807) is 52.0 Å². The van der Waals surface area contributed by atoms with Crippen LogP contribution in [0.2, 0.25) is 10.0 Å². The molecule has 52 heavy (non-hydrogen) atoms. The third-order valence-electron chi connectivity index (χ3n) is 6.62.